The van der Waals surface area contributed by atoms with E-state index in [0.717, 1.165) is 0 Å². The van der Waals surface area contributed by atoms with Crippen LogP contribution in [0.5, 0.6) is 0 Å². The summed E-state index contributed by atoms with van der Waals surface area (Å²) in [6.45, 7) is 4.04. The van der Waals surface area contributed by atoms with Crippen molar-refractivity contribution >= 4 is 12.4 Å². The molecule has 5 heteroatoms. The van der Waals surface area contributed by atoms with Crippen LogP contribution in [0.3, 0.4) is 0 Å². The molecule has 0 saturated carbocycles. The maximum absolute atomic E-state index is 12.6. The van der Waals surface area contributed by atoms with Gasteiger partial charge in [0.15, 0.2) is 0 Å². The van der Waals surface area contributed by atoms with Crippen LogP contribution >= 0.6 is 12.4 Å². The van der Waals surface area contributed by atoms with E-state index in [2.05, 4.69) is 5.32 Å². The number of halogens is 4. The molecule has 1 heterocycles. The number of hydrogen-bond acceptors (Lipinski definition) is 1. The standard InChI is InChI=1S/C9H16F3N.ClH/c1-8(2,9(10,11)12)7-3-5-13-6-4-7;/h7,13H,3-6H2,1-2H3;1H. The molecule has 86 valence electrons. The minimum absolute atomic E-state index is 0. The number of piperidine rings is 1. The first-order valence-electron chi connectivity index (χ1n) is 4.63. The summed E-state index contributed by atoms with van der Waals surface area (Å²) >= 11 is 0. The van der Waals surface area contributed by atoms with Crippen LogP contribution < -0.4 is 5.32 Å². The second-order valence-electron chi connectivity index (χ2n) is 4.24. The van der Waals surface area contributed by atoms with Crippen LogP contribution in [0.25, 0.3) is 0 Å². The van der Waals surface area contributed by atoms with Crippen LogP contribution in [0.1, 0.15) is 26.7 Å². The predicted molar refractivity (Wildman–Crippen MR) is 52.7 cm³/mol. The molecule has 1 aliphatic heterocycles. The summed E-state index contributed by atoms with van der Waals surface area (Å²) in [5.74, 6) is -0.228. The molecular formula is C9H17ClF3N. The zero-order valence-electron chi connectivity index (χ0n) is 8.45. The van der Waals surface area contributed by atoms with E-state index in [9.17, 15) is 13.2 Å². The van der Waals surface area contributed by atoms with E-state index in [1.165, 1.54) is 13.8 Å². The maximum atomic E-state index is 12.6. The quantitative estimate of drug-likeness (QED) is 0.732. The van der Waals surface area contributed by atoms with Gasteiger partial charge in [0.1, 0.15) is 0 Å². The molecule has 1 aliphatic rings. The Morgan fingerprint density at radius 3 is 1.86 bits per heavy atom. The van der Waals surface area contributed by atoms with Gasteiger partial charge in [-0.25, -0.2) is 0 Å². The van der Waals surface area contributed by atoms with Crippen molar-refractivity contribution in [3.05, 3.63) is 0 Å². The Balaban J connectivity index is 0.00000169. The van der Waals surface area contributed by atoms with E-state index >= 15 is 0 Å². The van der Waals surface area contributed by atoms with Gasteiger partial charge in [-0.2, -0.15) is 13.2 Å². The van der Waals surface area contributed by atoms with Gasteiger partial charge in [-0.3, -0.25) is 0 Å². The fraction of sp³-hybridized carbons (Fsp3) is 1.00. The minimum atomic E-state index is -4.07. The predicted octanol–water partition coefficient (Wildman–Crippen LogP) is 3.00. The molecule has 0 atom stereocenters. The monoisotopic (exact) mass is 231 g/mol. The fourth-order valence-electron chi connectivity index (χ4n) is 1.78. The molecule has 0 bridgehead atoms. The van der Waals surface area contributed by atoms with Gasteiger partial charge in [-0.05, 0) is 31.8 Å². The largest absolute Gasteiger partial charge is 0.394 e. The van der Waals surface area contributed by atoms with Crippen LogP contribution in [0.4, 0.5) is 13.2 Å². The normalized spacial score (nSPS) is 20.4. The van der Waals surface area contributed by atoms with E-state index in [0.29, 0.717) is 25.9 Å². The van der Waals surface area contributed by atoms with Gasteiger partial charge < -0.3 is 5.32 Å². The SMILES string of the molecule is CC(C)(C1CCNCC1)C(F)(F)F.Cl. The Morgan fingerprint density at radius 1 is 1.07 bits per heavy atom. The molecule has 0 aromatic carbocycles. The molecule has 0 aromatic rings. The maximum Gasteiger partial charge on any atom is 0.394 e. The highest BCUT2D eigenvalue weighted by molar-refractivity contribution is 5.85. The number of alkyl halides is 3. The Kier molecular flexibility index (Phi) is 4.72. The number of hydrogen-bond donors (Lipinski definition) is 1. The van der Waals surface area contributed by atoms with E-state index in [1.807, 2.05) is 0 Å². The number of nitrogens with one attached hydrogen (secondary N) is 1. The van der Waals surface area contributed by atoms with E-state index < -0.39 is 11.6 Å². The van der Waals surface area contributed by atoms with Crippen molar-refractivity contribution in [2.45, 2.75) is 32.9 Å². The average molecular weight is 232 g/mol. The summed E-state index contributed by atoms with van der Waals surface area (Å²) in [7, 11) is 0. The van der Waals surface area contributed by atoms with E-state index in [1.54, 1.807) is 0 Å². The lowest BCUT2D eigenvalue weighted by Gasteiger charge is -2.38. The molecule has 0 aromatic heterocycles. The highest BCUT2D eigenvalue weighted by Gasteiger charge is 2.51. The van der Waals surface area contributed by atoms with Crippen LogP contribution in [0.15, 0.2) is 0 Å². The van der Waals surface area contributed by atoms with Crippen LogP contribution in [-0.2, 0) is 0 Å². The second kappa shape index (κ2) is 4.71. The van der Waals surface area contributed by atoms with Gasteiger partial charge in [0.25, 0.3) is 0 Å². The van der Waals surface area contributed by atoms with Crippen molar-refractivity contribution in [3.63, 3.8) is 0 Å². The highest BCUT2D eigenvalue weighted by Crippen LogP contribution is 2.46. The Labute approximate surface area is 88.9 Å². The molecular weight excluding hydrogens is 215 g/mol. The van der Waals surface area contributed by atoms with Crippen molar-refractivity contribution in [1.82, 2.24) is 5.32 Å². The molecule has 1 fully saturated rings. The fourth-order valence-corrected chi connectivity index (χ4v) is 1.78. The van der Waals surface area contributed by atoms with Crippen LogP contribution in [0, 0.1) is 11.3 Å². The Bertz CT molecular complexity index is 173. The lowest BCUT2D eigenvalue weighted by atomic mass is 9.73. The lowest BCUT2D eigenvalue weighted by Crippen LogP contribution is -2.44. The first-order valence-corrected chi connectivity index (χ1v) is 4.63. The topological polar surface area (TPSA) is 12.0 Å². The zero-order chi connectivity index (χ0) is 10.1. The van der Waals surface area contributed by atoms with E-state index in [-0.39, 0.29) is 18.3 Å². The molecule has 1 rings (SSSR count). The van der Waals surface area contributed by atoms with E-state index in [4.69, 9.17) is 0 Å². The molecule has 0 amide bonds. The van der Waals surface area contributed by atoms with Crippen molar-refractivity contribution in [2.75, 3.05) is 13.1 Å². The summed E-state index contributed by atoms with van der Waals surface area (Å²) in [5.41, 5.74) is -1.53. The number of rotatable bonds is 1. The van der Waals surface area contributed by atoms with Crippen molar-refractivity contribution in [2.24, 2.45) is 11.3 Å². The highest BCUT2D eigenvalue weighted by atomic mass is 35.5. The third-order valence-corrected chi connectivity index (χ3v) is 3.09. The molecule has 0 radical (unpaired) electrons. The molecule has 0 aliphatic carbocycles. The van der Waals surface area contributed by atoms with Gasteiger partial charge in [0.05, 0.1) is 5.41 Å². The molecule has 1 saturated heterocycles. The van der Waals surface area contributed by atoms with Crippen molar-refractivity contribution in [3.8, 4) is 0 Å². The Morgan fingerprint density at radius 2 is 1.50 bits per heavy atom. The third-order valence-electron chi connectivity index (χ3n) is 3.09. The molecule has 14 heavy (non-hydrogen) atoms. The van der Waals surface area contributed by atoms with Gasteiger partial charge in [-0.1, -0.05) is 13.8 Å². The average Bonchev–Trinajstić information content (AvgIpc) is 2.04. The molecule has 0 spiro atoms. The van der Waals surface area contributed by atoms with Crippen LogP contribution in [-0.4, -0.2) is 19.3 Å². The summed E-state index contributed by atoms with van der Waals surface area (Å²) in [5, 5.41) is 3.07. The Hall–Kier alpha value is 0.0400. The summed E-state index contributed by atoms with van der Waals surface area (Å²) in [6.07, 6.45) is -2.81. The van der Waals surface area contributed by atoms with Gasteiger partial charge in [-0.15, -0.1) is 12.4 Å². The molecule has 1 N–H and O–H groups in total. The zero-order valence-corrected chi connectivity index (χ0v) is 9.26. The third kappa shape index (κ3) is 2.76. The lowest BCUT2D eigenvalue weighted by molar-refractivity contribution is -0.232. The van der Waals surface area contributed by atoms with Crippen LogP contribution in [0.2, 0.25) is 0 Å². The first kappa shape index (κ1) is 14.0. The summed E-state index contributed by atoms with van der Waals surface area (Å²) in [6, 6.07) is 0. The summed E-state index contributed by atoms with van der Waals surface area (Å²) in [4.78, 5) is 0. The molecule has 1 nitrogen and oxygen atoms in total. The van der Waals surface area contributed by atoms with Crippen molar-refractivity contribution in [1.29, 1.82) is 0 Å². The smallest absolute Gasteiger partial charge is 0.317 e. The minimum Gasteiger partial charge on any atom is -0.317 e. The molecule has 0 unspecified atom stereocenters. The summed E-state index contributed by atoms with van der Waals surface area (Å²) < 4.78 is 37.8. The van der Waals surface area contributed by atoms with Gasteiger partial charge >= 0.3 is 6.18 Å². The van der Waals surface area contributed by atoms with Gasteiger partial charge in [0.2, 0.25) is 0 Å². The second-order valence-corrected chi connectivity index (χ2v) is 4.24. The first-order chi connectivity index (χ1) is 5.86. The van der Waals surface area contributed by atoms with Crippen molar-refractivity contribution < 1.29 is 13.2 Å². The van der Waals surface area contributed by atoms with Gasteiger partial charge in [0, 0.05) is 0 Å².